The van der Waals surface area contributed by atoms with Crippen molar-refractivity contribution in [1.29, 1.82) is 0 Å². The summed E-state index contributed by atoms with van der Waals surface area (Å²) in [5, 5.41) is 3.15. The van der Waals surface area contributed by atoms with E-state index in [-0.39, 0.29) is 29.4 Å². The Kier molecular flexibility index (Phi) is 4.52. The number of hydrogen-bond acceptors (Lipinski definition) is 3. The van der Waals surface area contributed by atoms with E-state index >= 15 is 0 Å². The Morgan fingerprint density at radius 2 is 1.77 bits per heavy atom. The Balaban J connectivity index is 1.74. The van der Waals surface area contributed by atoms with Crippen LogP contribution in [-0.2, 0) is 14.6 Å². The van der Waals surface area contributed by atoms with E-state index < -0.39 is 9.84 Å². The maximum Gasteiger partial charge on any atom is 0.224 e. The number of benzene rings is 1. The Hall–Kier alpha value is -1.36. The SMILES string of the molecule is O=C(NC(c1ccccc1)C1CCCC1)C1CCS(=O)(=O)C1. The van der Waals surface area contributed by atoms with E-state index in [9.17, 15) is 13.2 Å². The van der Waals surface area contributed by atoms with Gasteiger partial charge in [-0.15, -0.1) is 0 Å². The molecular weight excluding hydrogens is 298 g/mol. The second-order valence-electron chi connectivity index (χ2n) is 6.54. The van der Waals surface area contributed by atoms with Crippen molar-refractivity contribution in [2.24, 2.45) is 11.8 Å². The fraction of sp³-hybridized carbons (Fsp3) is 0.588. The van der Waals surface area contributed by atoms with Gasteiger partial charge in [0.1, 0.15) is 0 Å². The number of amides is 1. The summed E-state index contributed by atoms with van der Waals surface area (Å²) in [5.41, 5.74) is 1.13. The van der Waals surface area contributed by atoms with E-state index in [1.165, 1.54) is 12.8 Å². The maximum atomic E-state index is 12.5. The van der Waals surface area contributed by atoms with Gasteiger partial charge >= 0.3 is 0 Å². The Bertz CT molecular complexity index is 621. The molecule has 0 spiro atoms. The zero-order valence-corrected chi connectivity index (χ0v) is 13.5. The van der Waals surface area contributed by atoms with Gasteiger partial charge in [-0.05, 0) is 30.7 Å². The molecule has 1 aromatic carbocycles. The van der Waals surface area contributed by atoms with E-state index in [1.807, 2.05) is 18.2 Å². The molecule has 0 bridgehead atoms. The standard InChI is InChI=1S/C17H23NO3S/c19-17(15-10-11-22(20,21)12-15)18-16(14-8-4-5-9-14)13-6-2-1-3-7-13/h1-3,6-7,14-16H,4-5,8-12H2,(H,18,19). The minimum Gasteiger partial charge on any atom is -0.349 e. The van der Waals surface area contributed by atoms with Crippen molar-refractivity contribution in [1.82, 2.24) is 5.32 Å². The molecule has 1 aliphatic carbocycles. The Morgan fingerprint density at radius 1 is 1.09 bits per heavy atom. The first-order chi connectivity index (χ1) is 10.6. The Morgan fingerprint density at radius 3 is 2.36 bits per heavy atom. The molecule has 0 aromatic heterocycles. The molecule has 1 aromatic rings. The second kappa shape index (κ2) is 6.41. The molecule has 1 saturated carbocycles. The lowest BCUT2D eigenvalue weighted by atomic mass is 9.91. The lowest BCUT2D eigenvalue weighted by Crippen LogP contribution is -2.37. The van der Waals surface area contributed by atoms with Gasteiger partial charge in [0.15, 0.2) is 9.84 Å². The number of carbonyl (C=O) groups is 1. The second-order valence-corrected chi connectivity index (χ2v) is 8.77. The zero-order chi connectivity index (χ0) is 15.6. The summed E-state index contributed by atoms with van der Waals surface area (Å²) >= 11 is 0. The lowest BCUT2D eigenvalue weighted by Gasteiger charge is -2.26. The van der Waals surface area contributed by atoms with E-state index in [0.29, 0.717) is 12.3 Å². The summed E-state index contributed by atoms with van der Waals surface area (Å²) in [6.07, 6.45) is 5.13. The molecule has 2 atom stereocenters. The van der Waals surface area contributed by atoms with Crippen molar-refractivity contribution < 1.29 is 13.2 Å². The molecule has 1 aliphatic heterocycles. The number of rotatable bonds is 4. The fourth-order valence-electron chi connectivity index (χ4n) is 3.70. The van der Waals surface area contributed by atoms with Crippen molar-refractivity contribution in [2.75, 3.05) is 11.5 Å². The van der Waals surface area contributed by atoms with Gasteiger partial charge in [-0.1, -0.05) is 43.2 Å². The first kappa shape index (κ1) is 15.5. The number of carbonyl (C=O) groups excluding carboxylic acids is 1. The van der Waals surface area contributed by atoms with E-state index in [0.717, 1.165) is 18.4 Å². The highest BCUT2D eigenvalue weighted by atomic mass is 32.2. The maximum absolute atomic E-state index is 12.5. The smallest absolute Gasteiger partial charge is 0.224 e. The topological polar surface area (TPSA) is 63.2 Å². The predicted molar refractivity (Wildman–Crippen MR) is 86.0 cm³/mol. The van der Waals surface area contributed by atoms with Crippen molar-refractivity contribution in [3.63, 3.8) is 0 Å². The third-order valence-electron chi connectivity index (χ3n) is 4.93. The monoisotopic (exact) mass is 321 g/mol. The summed E-state index contributed by atoms with van der Waals surface area (Å²) in [6.45, 7) is 0. The van der Waals surface area contributed by atoms with Gasteiger partial charge in [0.2, 0.25) is 5.91 Å². The highest BCUT2D eigenvalue weighted by Gasteiger charge is 2.35. The van der Waals surface area contributed by atoms with Gasteiger partial charge < -0.3 is 5.32 Å². The Labute approximate surface area is 132 Å². The summed E-state index contributed by atoms with van der Waals surface area (Å²) in [7, 11) is -3.02. The molecule has 120 valence electrons. The van der Waals surface area contributed by atoms with Crippen molar-refractivity contribution in [2.45, 2.75) is 38.1 Å². The molecule has 1 amide bonds. The fourth-order valence-corrected chi connectivity index (χ4v) is 5.44. The molecule has 22 heavy (non-hydrogen) atoms. The normalized spacial score (nSPS) is 25.9. The molecule has 3 rings (SSSR count). The van der Waals surface area contributed by atoms with Gasteiger partial charge in [-0.3, -0.25) is 4.79 Å². The van der Waals surface area contributed by atoms with E-state index in [4.69, 9.17) is 0 Å². The number of sulfone groups is 1. The third-order valence-corrected chi connectivity index (χ3v) is 6.70. The van der Waals surface area contributed by atoms with E-state index in [1.54, 1.807) is 0 Å². The van der Waals surface area contributed by atoms with Crippen LogP contribution in [0.3, 0.4) is 0 Å². The molecule has 2 fully saturated rings. The van der Waals surface area contributed by atoms with E-state index in [2.05, 4.69) is 17.4 Å². The number of hydrogen-bond donors (Lipinski definition) is 1. The summed E-state index contributed by atoms with van der Waals surface area (Å²) < 4.78 is 23.2. The summed E-state index contributed by atoms with van der Waals surface area (Å²) in [4.78, 5) is 12.5. The predicted octanol–water partition coefficient (Wildman–Crippen LogP) is 2.47. The summed E-state index contributed by atoms with van der Waals surface area (Å²) in [6, 6.07) is 10.1. The highest BCUT2D eigenvalue weighted by Crippen LogP contribution is 2.36. The highest BCUT2D eigenvalue weighted by molar-refractivity contribution is 7.91. The molecule has 1 N–H and O–H groups in total. The van der Waals surface area contributed by atoms with Crippen LogP contribution in [0, 0.1) is 11.8 Å². The molecule has 1 heterocycles. The van der Waals surface area contributed by atoms with Gasteiger partial charge in [0.05, 0.1) is 23.5 Å². The molecule has 2 aliphatic rings. The van der Waals surface area contributed by atoms with Crippen LogP contribution < -0.4 is 5.32 Å². The zero-order valence-electron chi connectivity index (χ0n) is 12.7. The molecule has 5 heteroatoms. The lowest BCUT2D eigenvalue weighted by molar-refractivity contribution is -0.125. The third kappa shape index (κ3) is 3.51. The van der Waals surface area contributed by atoms with Crippen LogP contribution >= 0.6 is 0 Å². The van der Waals surface area contributed by atoms with Gasteiger partial charge in [-0.2, -0.15) is 0 Å². The molecule has 1 saturated heterocycles. The minimum absolute atomic E-state index is 0.00497. The van der Waals surface area contributed by atoms with Crippen LogP contribution in [0.2, 0.25) is 0 Å². The van der Waals surface area contributed by atoms with Crippen molar-refractivity contribution in [3.8, 4) is 0 Å². The van der Waals surface area contributed by atoms with Crippen LogP contribution in [-0.4, -0.2) is 25.8 Å². The van der Waals surface area contributed by atoms with Crippen LogP contribution in [0.25, 0.3) is 0 Å². The van der Waals surface area contributed by atoms with Crippen LogP contribution in [0.4, 0.5) is 0 Å². The molecule has 0 radical (unpaired) electrons. The largest absolute Gasteiger partial charge is 0.349 e. The molecule has 2 unspecified atom stereocenters. The van der Waals surface area contributed by atoms with Crippen molar-refractivity contribution >= 4 is 15.7 Å². The number of nitrogens with one attached hydrogen (secondary N) is 1. The van der Waals surface area contributed by atoms with Crippen LogP contribution in [0.1, 0.15) is 43.7 Å². The average Bonchev–Trinajstić information content (AvgIpc) is 3.15. The first-order valence-corrected chi connectivity index (χ1v) is 9.93. The average molecular weight is 321 g/mol. The molecule has 4 nitrogen and oxygen atoms in total. The van der Waals surface area contributed by atoms with Gasteiger partial charge in [0.25, 0.3) is 0 Å². The van der Waals surface area contributed by atoms with Gasteiger partial charge in [0, 0.05) is 0 Å². The van der Waals surface area contributed by atoms with Crippen LogP contribution in [0.15, 0.2) is 30.3 Å². The first-order valence-electron chi connectivity index (χ1n) is 8.11. The van der Waals surface area contributed by atoms with Crippen molar-refractivity contribution in [3.05, 3.63) is 35.9 Å². The summed E-state index contributed by atoms with van der Waals surface area (Å²) in [5.74, 6) is 0.138. The van der Waals surface area contributed by atoms with Crippen LogP contribution in [0.5, 0.6) is 0 Å². The quantitative estimate of drug-likeness (QED) is 0.926. The van der Waals surface area contributed by atoms with Gasteiger partial charge in [-0.25, -0.2) is 8.42 Å². The molecular formula is C17H23NO3S. The minimum atomic E-state index is -3.02.